The summed E-state index contributed by atoms with van der Waals surface area (Å²) in [5.74, 6) is -5.25. The molecule has 0 spiro atoms. The molecule has 4 aromatic carbocycles. The fourth-order valence-corrected chi connectivity index (χ4v) is 6.48. The van der Waals surface area contributed by atoms with E-state index in [0.29, 0.717) is 12.1 Å². The van der Waals surface area contributed by atoms with E-state index in [9.17, 15) is 73.4 Å². The van der Waals surface area contributed by atoms with Gasteiger partial charge in [-0.2, -0.15) is 16.8 Å². The van der Waals surface area contributed by atoms with Gasteiger partial charge >= 0.3 is 58.0 Å². The Labute approximate surface area is 296 Å². The van der Waals surface area contributed by atoms with Crippen molar-refractivity contribution in [3.8, 4) is 46.0 Å². The molecule has 0 aliphatic carbocycles. The molecule has 0 saturated heterocycles. The van der Waals surface area contributed by atoms with Crippen molar-refractivity contribution in [2.24, 2.45) is 0 Å². The Bertz CT molecular complexity index is 2090. The summed E-state index contributed by atoms with van der Waals surface area (Å²) in [6.45, 7) is 0. The molecule has 47 heavy (non-hydrogen) atoms. The Morgan fingerprint density at radius 3 is 1.00 bits per heavy atom. The quantitative estimate of drug-likeness (QED) is 0.0618. The number of aromatic hydroxyl groups is 6. The maximum Gasteiger partial charge on any atom is 2.00 e. The second-order valence-corrected chi connectivity index (χ2v) is 14.3. The van der Waals surface area contributed by atoms with E-state index in [1.165, 1.54) is 0 Å². The molecule has 248 valence electrons. The third-order valence-electron chi connectivity index (χ3n) is 5.24. The molecule has 0 atom stereocenters. The molecule has 4 aromatic rings. The van der Waals surface area contributed by atoms with E-state index in [1.807, 2.05) is 0 Å². The van der Waals surface area contributed by atoms with Gasteiger partial charge in [-0.05, 0) is 48.5 Å². The molecule has 0 radical (unpaired) electrons. The van der Waals surface area contributed by atoms with Gasteiger partial charge in [-0.3, -0.25) is 0 Å². The Kier molecular flexibility index (Phi) is 12.2. The van der Waals surface area contributed by atoms with Crippen molar-refractivity contribution < 1.29 is 81.8 Å². The molecule has 18 nitrogen and oxygen atoms in total. The zero-order valence-electron chi connectivity index (χ0n) is 22.9. The van der Waals surface area contributed by atoms with Gasteiger partial charge < -0.3 is 48.1 Å². The molecule has 0 aromatic heterocycles. The number of phenolic OH excluding ortho intramolecular Hbond substituents is 6. The topological polar surface area (TPSA) is 323 Å². The molecule has 4 rings (SSSR count). The minimum absolute atomic E-state index is 0. The van der Waals surface area contributed by atoms with Gasteiger partial charge in [-0.1, -0.05) is 0 Å². The summed E-state index contributed by atoms with van der Waals surface area (Å²) < 4.78 is 123. The van der Waals surface area contributed by atoms with Crippen molar-refractivity contribution >= 4 is 78.2 Å². The maximum absolute atomic E-state index is 12.0. The van der Waals surface area contributed by atoms with Crippen molar-refractivity contribution in [3.05, 3.63) is 72.8 Å². The molecule has 0 amide bonds. The minimum atomic E-state index is -5.06. The normalized spacial score (nSPS) is 11.8. The molecular weight excluding hydrogens is 745 g/mol. The first kappa shape index (κ1) is 39.4. The first-order chi connectivity index (χ1) is 21.0. The largest absolute Gasteiger partial charge is 2.00 e. The number of rotatable bonds is 8. The SMILES string of the molecule is O=S(=O)([O-])c1cc(OS(=O)(=O)c2cc(O)ccc2O)ccc1O.O=S(=O)([O-])c1cc(OS(=O)(=O)c2cc(O)ccc2O)ccc1O.[Ca+2]. The molecule has 0 heterocycles. The van der Waals surface area contributed by atoms with Gasteiger partial charge in [0.15, 0.2) is 9.79 Å². The summed E-state index contributed by atoms with van der Waals surface area (Å²) in [5, 5.41) is 56.2. The van der Waals surface area contributed by atoms with Crippen molar-refractivity contribution in [2.75, 3.05) is 0 Å². The molecule has 0 aliphatic heterocycles. The summed E-state index contributed by atoms with van der Waals surface area (Å²) >= 11 is 0. The first-order valence-electron chi connectivity index (χ1n) is 11.5. The standard InChI is InChI=1S/2C12H10O9S2.Ca/c2*13-7-1-3-10(15)12(5-7)23(19,20)21-8-2-4-9(14)11(6-8)22(16,17)18;/h2*1-6,13-15H,(H,16,17,18);/q;;+2/p-2. The smallest absolute Gasteiger partial charge is 0.744 e. The van der Waals surface area contributed by atoms with Gasteiger partial charge in [-0.25, -0.2) is 16.8 Å². The zero-order chi connectivity index (χ0) is 34.8. The van der Waals surface area contributed by atoms with Crippen LogP contribution in [0.1, 0.15) is 0 Å². The molecule has 0 aliphatic rings. The minimum Gasteiger partial charge on any atom is -0.744 e. The number of benzene rings is 4. The van der Waals surface area contributed by atoms with Crippen LogP contribution in [0.25, 0.3) is 0 Å². The second kappa shape index (κ2) is 14.6. The third-order valence-corrected chi connectivity index (χ3v) is 9.52. The first-order valence-corrected chi connectivity index (χ1v) is 17.2. The summed E-state index contributed by atoms with van der Waals surface area (Å²) in [4.78, 5) is -3.66. The van der Waals surface area contributed by atoms with Crippen LogP contribution in [-0.4, -0.2) is 111 Å². The summed E-state index contributed by atoms with van der Waals surface area (Å²) in [6, 6.07) is 9.72. The predicted molar refractivity (Wildman–Crippen MR) is 153 cm³/mol. The van der Waals surface area contributed by atoms with Crippen molar-refractivity contribution in [1.82, 2.24) is 0 Å². The molecule has 6 N–H and O–H groups in total. The summed E-state index contributed by atoms with van der Waals surface area (Å²) in [6.07, 6.45) is 0. The average Bonchev–Trinajstić information content (AvgIpc) is 2.92. The molecule has 0 fully saturated rings. The number of phenols is 6. The van der Waals surface area contributed by atoms with Crippen LogP contribution in [0.15, 0.2) is 92.4 Å². The van der Waals surface area contributed by atoms with Crippen LogP contribution < -0.4 is 8.37 Å². The second-order valence-electron chi connectivity index (χ2n) is 8.55. The number of hydrogen-bond acceptors (Lipinski definition) is 18. The molecule has 0 saturated carbocycles. The van der Waals surface area contributed by atoms with Gasteiger partial charge in [0.2, 0.25) is 0 Å². The van der Waals surface area contributed by atoms with Gasteiger partial charge in [-0.15, -0.1) is 0 Å². The van der Waals surface area contributed by atoms with Crippen LogP contribution in [0.3, 0.4) is 0 Å². The Morgan fingerprint density at radius 1 is 0.426 bits per heavy atom. The molecule has 0 bridgehead atoms. The van der Waals surface area contributed by atoms with E-state index in [1.54, 1.807) is 0 Å². The van der Waals surface area contributed by atoms with Crippen LogP contribution in [-0.2, 0) is 40.5 Å². The van der Waals surface area contributed by atoms with Gasteiger partial charge in [0.25, 0.3) is 0 Å². The van der Waals surface area contributed by atoms with E-state index in [0.717, 1.165) is 60.7 Å². The van der Waals surface area contributed by atoms with Crippen molar-refractivity contribution in [1.29, 1.82) is 0 Å². The van der Waals surface area contributed by atoms with Gasteiger partial charge in [0.1, 0.15) is 66.2 Å². The van der Waals surface area contributed by atoms with E-state index < -0.39 is 106 Å². The monoisotopic (exact) mass is 762 g/mol. The zero-order valence-corrected chi connectivity index (χ0v) is 28.3. The molecular formula is C24H18CaO18S4. The molecule has 23 heteroatoms. The van der Waals surface area contributed by atoms with Crippen LogP contribution >= 0.6 is 0 Å². The van der Waals surface area contributed by atoms with Crippen LogP contribution in [0.4, 0.5) is 0 Å². The Hall–Kier alpha value is -3.74. The van der Waals surface area contributed by atoms with Crippen molar-refractivity contribution in [2.45, 2.75) is 19.6 Å². The van der Waals surface area contributed by atoms with Crippen LogP contribution in [0, 0.1) is 0 Å². The number of hydrogen-bond donors (Lipinski definition) is 6. The van der Waals surface area contributed by atoms with E-state index >= 15 is 0 Å². The van der Waals surface area contributed by atoms with E-state index in [2.05, 4.69) is 8.37 Å². The third kappa shape index (κ3) is 10.1. The average molecular weight is 763 g/mol. The fraction of sp³-hybridized carbons (Fsp3) is 0. The Balaban J connectivity index is 0.000000320. The van der Waals surface area contributed by atoms with E-state index in [4.69, 9.17) is 0 Å². The summed E-state index contributed by atoms with van der Waals surface area (Å²) in [5.41, 5.74) is 0. The van der Waals surface area contributed by atoms with Gasteiger partial charge in [0, 0.05) is 24.3 Å². The predicted octanol–water partition coefficient (Wildman–Crippen LogP) is 0.570. The van der Waals surface area contributed by atoms with Crippen molar-refractivity contribution in [3.63, 3.8) is 0 Å². The van der Waals surface area contributed by atoms with Crippen LogP contribution in [0.5, 0.6) is 46.0 Å². The Morgan fingerprint density at radius 2 is 0.702 bits per heavy atom. The molecule has 0 unspecified atom stereocenters. The fourth-order valence-electron chi connectivity index (χ4n) is 3.24. The van der Waals surface area contributed by atoms with E-state index in [-0.39, 0.29) is 37.7 Å². The van der Waals surface area contributed by atoms with Gasteiger partial charge in [0.05, 0.1) is 9.79 Å². The maximum atomic E-state index is 12.0. The van der Waals surface area contributed by atoms with Crippen LogP contribution in [0.2, 0.25) is 0 Å². The summed E-state index contributed by atoms with van der Waals surface area (Å²) in [7, 11) is -19.4.